The number of fused-ring (bicyclic) bond motifs is 1. The summed E-state index contributed by atoms with van der Waals surface area (Å²) in [5, 5.41) is 0. The summed E-state index contributed by atoms with van der Waals surface area (Å²) in [6, 6.07) is 3.74. The average molecular weight is 215 g/mol. The van der Waals surface area contributed by atoms with Crippen LogP contribution in [0.25, 0.3) is 11.2 Å². The Labute approximate surface area is 90.5 Å². The number of nitrogen functional groups attached to an aromatic ring is 1. The minimum Gasteiger partial charge on any atom is -0.469 e. The van der Waals surface area contributed by atoms with E-state index in [1.807, 2.05) is 12.1 Å². The van der Waals surface area contributed by atoms with E-state index >= 15 is 0 Å². The summed E-state index contributed by atoms with van der Waals surface area (Å²) in [6.07, 6.45) is 3.86. The van der Waals surface area contributed by atoms with Crippen LogP contribution in [-0.4, -0.2) is 19.9 Å². The molecular formula is C10H9N5O. The highest BCUT2D eigenvalue weighted by molar-refractivity contribution is 5.70. The van der Waals surface area contributed by atoms with Crippen molar-refractivity contribution in [2.75, 3.05) is 5.73 Å². The highest BCUT2D eigenvalue weighted by Crippen LogP contribution is 2.12. The van der Waals surface area contributed by atoms with Crippen molar-refractivity contribution < 1.29 is 4.42 Å². The Hall–Kier alpha value is -2.37. The summed E-state index contributed by atoms with van der Waals surface area (Å²) in [5.74, 6) is 1.85. The average Bonchev–Trinajstić information content (AvgIpc) is 2.86. The fourth-order valence-electron chi connectivity index (χ4n) is 1.53. The fraction of sp³-hybridized carbons (Fsp3) is 0.100. The molecule has 3 rings (SSSR count). The Morgan fingerprint density at radius 3 is 3.12 bits per heavy atom. The van der Waals surface area contributed by atoms with Gasteiger partial charge in [-0.15, -0.1) is 0 Å². The SMILES string of the molecule is Nc1ncc2[nH]c(Cc3ccco3)nc2n1. The number of hydrogen-bond acceptors (Lipinski definition) is 5. The lowest BCUT2D eigenvalue weighted by molar-refractivity contribution is 0.518. The third-order valence-electron chi connectivity index (χ3n) is 2.23. The molecule has 0 aromatic carbocycles. The number of hydrogen-bond donors (Lipinski definition) is 2. The predicted octanol–water partition coefficient (Wildman–Crippen LogP) is 1.12. The van der Waals surface area contributed by atoms with Gasteiger partial charge in [0.15, 0.2) is 5.65 Å². The Balaban J connectivity index is 1.99. The number of aromatic nitrogens is 4. The fourth-order valence-corrected chi connectivity index (χ4v) is 1.53. The Morgan fingerprint density at radius 2 is 2.31 bits per heavy atom. The molecule has 0 radical (unpaired) electrons. The minimum atomic E-state index is 0.226. The van der Waals surface area contributed by atoms with Gasteiger partial charge in [0.1, 0.15) is 17.1 Å². The van der Waals surface area contributed by atoms with E-state index < -0.39 is 0 Å². The van der Waals surface area contributed by atoms with Gasteiger partial charge in [-0.25, -0.2) is 9.97 Å². The molecule has 0 aliphatic rings. The van der Waals surface area contributed by atoms with Gasteiger partial charge in [0.25, 0.3) is 0 Å². The number of anilines is 1. The van der Waals surface area contributed by atoms with Crippen LogP contribution in [0.1, 0.15) is 11.6 Å². The van der Waals surface area contributed by atoms with Gasteiger partial charge in [-0.05, 0) is 12.1 Å². The molecule has 0 spiro atoms. The third-order valence-corrected chi connectivity index (χ3v) is 2.23. The van der Waals surface area contributed by atoms with Gasteiger partial charge in [0, 0.05) is 0 Å². The van der Waals surface area contributed by atoms with Crippen LogP contribution in [0.2, 0.25) is 0 Å². The van der Waals surface area contributed by atoms with Crippen LogP contribution < -0.4 is 5.73 Å². The first-order valence-corrected chi connectivity index (χ1v) is 4.81. The molecule has 0 bridgehead atoms. The number of nitrogens with two attached hydrogens (primary N) is 1. The monoisotopic (exact) mass is 215 g/mol. The van der Waals surface area contributed by atoms with Crippen LogP contribution in [0.15, 0.2) is 29.0 Å². The molecule has 3 N–H and O–H groups in total. The molecule has 0 aliphatic heterocycles. The highest BCUT2D eigenvalue weighted by Gasteiger charge is 2.06. The number of nitrogens with zero attached hydrogens (tertiary/aromatic N) is 3. The van der Waals surface area contributed by atoms with Gasteiger partial charge in [-0.3, -0.25) is 0 Å². The molecule has 3 aromatic heterocycles. The second-order valence-corrected chi connectivity index (χ2v) is 3.41. The summed E-state index contributed by atoms with van der Waals surface area (Å²) in [6.45, 7) is 0. The van der Waals surface area contributed by atoms with Crippen LogP contribution in [0, 0.1) is 0 Å². The first-order valence-electron chi connectivity index (χ1n) is 4.81. The van der Waals surface area contributed by atoms with E-state index in [1.54, 1.807) is 12.5 Å². The molecule has 16 heavy (non-hydrogen) atoms. The Morgan fingerprint density at radius 1 is 1.38 bits per heavy atom. The van der Waals surface area contributed by atoms with Crippen molar-refractivity contribution in [1.29, 1.82) is 0 Å². The van der Waals surface area contributed by atoms with Crippen molar-refractivity contribution in [3.05, 3.63) is 36.2 Å². The van der Waals surface area contributed by atoms with Crippen molar-refractivity contribution in [3.8, 4) is 0 Å². The van der Waals surface area contributed by atoms with Crippen molar-refractivity contribution in [2.24, 2.45) is 0 Å². The molecule has 0 amide bonds. The summed E-state index contributed by atoms with van der Waals surface area (Å²) in [5.41, 5.74) is 6.83. The summed E-state index contributed by atoms with van der Waals surface area (Å²) in [4.78, 5) is 15.3. The van der Waals surface area contributed by atoms with E-state index in [1.165, 1.54) is 0 Å². The topological polar surface area (TPSA) is 93.6 Å². The molecule has 6 nitrogen and oxygen atoms in total. The van der Waals surface area contributed by atoms with Crippen molar-refractivity contribution >= 4 is 17.1 Å². The van der Waals surface area contributed by atoms with Gasteiger partial charge in [0.05, 0.1) is 18.9 Å². The quantitative estimate of drug-likeness (QED) is 0.668. The van der Waals surface area contributed by atoms with Crippen molar-refractivity contribution in [3.63, 3.8) is 0 Å². The van der Waals surface area contributed by atoms with E-state index in [4.69, 9.17) is 10.2 Å². The maximum absolute atomic E-state index is 5.47. The Bertz CT molecular complexity index is 613. The van der Waals surface area contributed by atoms with Crippen LogP contribution in [0.3, 0.4) is 0 Å². The molecule has 0 fully saturated rings. The maximum Gasteiger partial charge on any atom is 0.222 e. The second kappa shape index (κ2) is 3.34. The maximum atomic E-state index is 5.47. The van der Waals surface area contributed by atoms with Crippen LogP contribution in [0.5, 0.6) is 0 Å². The van der Waals surface area contributed by atoms with E-state index in [0.717, 1.165) is 17.1 Å². The lowest BCUT2D eigenvalue weighted by atomic mass is 10.3. The van der Waals surface area contributed by atoms with Gasteiger partial charge in [0.2, 0.25) is 5.95 Å². The predicted molar refractivity (Wildman–Crippen MR) is 57.6 cm³/mol. The number of aromatic amines is 1. The molecule has 3 aromatic rings. The molecule has 0 saturated heterocycles. The molecule has 3 heterocycles. The first kappa shape index (κ1) is 8.90. The lowest BCUT2D eigenvalue weighted by Gasteiger charge is -1.89. The van der Waals surface area contributed by atoms with E-state index in [9.17, 15) is 0 Å². The standard InChI is InChI=1S/C10H9N5O/c11-10-12-5-7-9(15-10)14-8(13-7)4-6-2-1-3-16-6/h1-3,5H,4H2,(H3,11,12,13,14,15). The zero-order valence-corrected chi connectivity index (χ0v) is 8.34. The molecule has 0 atom stereocenters. The first-order chi connectivity index (χ1) is 7.81. The normalized spacial score (nSPS) is 11.0. The molecular weight excluding hydrogens is 206 g/mol. The highest BCUT2D eigenvalue weighted by atomic mass is 16.3. The zero-order chi connectivity index (χ0) is 11.0. The zero-order valence-electron chi connectivity index (χ0n) is 8.34. The number of furan rings is 1. The minimum absolute atomic E-state index is 0.226. The molecule has 80 valence electrons. The largest absolute Gasteiger partial charge is 0.469 e. The number of nitrogens with one attached hydrogen (secondary N) is 1. The summed E-state index contributed by atoms with van der Waals surface area (Å²) >= 11 is 0. The van der Waals surface area contributed by atoms with Gasteiger partial charge < -0.3 is 15.1 Å². The number of H-pyrrole nitrogens is 1. The Kier molecular flexibility index (Phi) is 1.86. The molecule has 0 unspecified atom stereocenters. The molecule has 0 aliphatic carbocycles. The summed E-state index contributed by atoms with van der Waals surface area (Å²) < 4.78 is 5.24. The number of rotatable bonds is 2. The molecule has 6 heteroatoms. The van der Waals surface area contributed by atoms with Crippen molar-refractivity contribution in [1.82, 2.24) is 19.9 Å². The lowest BCUT2D eigenvalue weighted by Crippen LogP contribution is -1.93. The van der Waals surface area contributed by atoms with Gasteiger partial charge >= 0.3 is 0 Å². The summed E-state index contributed by atoms with van der Waals surface area (Å²) in [7, 11) is 0. The van der Waals surface area contributed by atoms with Crippen LogP contribution >= 0.6 is 0 Å². The van der Waals surface area contributed by atoms with Crippen LogP contribution in [-0.2, 0) is 6.42 Å². The van der Waals surface area contributed by atoms with Crippen LogP contribution in [0.4, 0.5) is 5.95 Å². The number of imidazole rings is 1. The smallest absolute Gasteiger partial charge is 0.222 e. The van der Waals surface area contributed by atoms with Gasteiger partial charge in [-0.1, -0.05) is 0 Å². The third kappa shape index (κ3) is 1.50. The van der Waals surface area contributed by atoms with E-state index in [-0.39, 0.29) is 5.95 Å². The molecule has 0 saturated carbocycles. The second-order valence-electron chi connectivity index (χ2n) is 3.41. The van der Waals surface area contributed by atoms with E-state index in [0.29, 0.717) is 12.1 Å². The van der Waals surface area contributed by atoms with E-state index in [2.05, 4.69) is 19.9 Å². The van der Waals surface area contributed by atoms with Crippen molar-refractivity contribution in [2.45, 2.75) is 6.42 Å². The van der Waals surface area contributed by atoms with Gasteiger partial charge in [-0.2, -0.15) is 4.98 Å².